The van der Waals surface area contributed by atoms with E-state index in [0.717, 1.165) is 25.3 Å². The van der Waals surface area contributed by atoms with E-state index in [1.807, 2.05) is 17.9 Å². The SMILES string of the molecule is Cc1nc(NC2CCCC2)cc(C(=O)N2CCCC(C)C2)n1. The molecule has 1 aliphatic heterocycles. The van der Waals surface area contributed by atoms with Gasteiger partial charge in [0.1, 0.15) is 17.3 Å². The van der Waals surface area contributed by atoms with E-state index in [1.165, 1.54) is 32.1 Å². The largest absolute Gasteiger partial charge is 0.367 e. The molecular weight excluding hydrogens is 276 g/mol. The van der Waals surface area contributed by atoms with Crippen LogP contribution >= 0.6 is 0 Å². The maximum atomic E-state index is 12.7. The zero-order valence-corrected chi connectivity index (χ0v) is 13.6. The minimum absolute atomic E-state index is 0.0477. The Labute approximate surface area is 132 Å². The van der Waals surface area contributed by atoms with Gasteiger partial charge in [-0.1, -0.05) is 19.8 Å². The van der Waals surface area contributed by atoms with E-state index in [2.05, 4.69) is 22.2 Å². The molecule has 1 aliphatic carbocycles. The molecule has 1 N–H and O–H groups in total. The predicted octanol–water partition coefficient (Wildman–Crippen LogP) is 3.01. The topological polar surface area (TPSA) is 58.1 Å². The van der Waals surface area contributed by atoms with Crippen LogP contribution in [0.1, 0.15) is 61.8 Å². The monoisotopic (exact) mass is 302 g/mol. The molecule has 1 atom stereocenters. The molecule has 3 rings (SSSR count). The predicted molar refractivity (Wildman–Crippen MR) is 86.9 cm³/mol. The van der Waals surface area contributed by atoms with Crippen LogP contribution in [0.4, 0.5) is 5.82 Å². The van der Waals surface area contributed by atoms with Gasteiger partial charge in [0.05, 0.1) is 0 Å². The van der Waals surface area contributed by atoms with Crippen molar-refractivity contribution < 1.29 is 4.79 Å². The Kier molecular flexibility index (Phi) is 4.60. The summed E-state index contributed by atoms with van der Waals surface area (Å²) in [5.74, 6) is 2.09. The molecule has 22 heavy (non-hydrogen) atoms. The molecule has 0 bridgehead atoms. The van der Waals surface area contributed by atoms with Crippen molar-refractivity contribution in [2.75, 3.05) is 18.4 Å². The van der Waals surface area contributed by atoms with Crippen molar-refractivity contribution in [3.63, 3.8) is 0 Å². The van der Waals surface area contributed by atoms with Crippen molar-refractivity contribution in [3.05, 3.63) is 17.6 Å². The van der Waals surface area contributed by atoms with Gasteiger partial charge in [-0.25, -0.2) is 9.97 Å². The summed E-state index contributed by atoms with van der Waals surface area (Å²) >= 11 is 0. The van der Waals surface area contributed by atoms with Crippen molar-refractivity contribution in [2.24, 2.45) is 5.92 Å². The highest BCUT2D eigenvalue weighted by atomic mass is 16.2. The normalized spacial score (nSPS) is 22.8. The fourth-order valence-corrected chi connectivity index (χ4v) is 3.57. The highest BCUT2D eigenvalue weighted by Gasteiger charge is 2.24. The molecule has 5 nitrogen and oxygen atoms in total. The van der Waals surface area contributed by atoms with E-state index in [9.17, 15) is 4.79 Å². The van der Waals surface area contributed by atoms with Gasteiger partial charge in [-0.2, -0.15) is 0 Å². The molecule has 120 valence electrons. The van der Waals surface area contributed by atoms with Gasteiger partial charge in [-0.15, -0.1) is 0 Å². The lowest BCUT2D eigenvalue weighted by molar-refractivity contribution is 0.0676. The van der Waals surface area contributed by atoms with E-state index in [4.69, 9.17) is 0 Å². The van der Waals surface area contributed by atoms with Gasteiger partial charge in [-0.05, 0) is 38.5 Å². The van der Waals surface area contributed by atoms with Crippen LogP contribution < -0.4 is 5.32 Å². The van der Waals surface area contributed by atoms with Crippen LogP contribution in [0.25, 0.3) is 0 Å². The lowest BCUT2D eigenvalue weighted by Crippen LogP contribution is -2.39. The number of likely N-dealkylation sites (tertiary alicyclic amines) is 1. The van der Waals surface area contributed by atoms with Gasteiger partial charge < -0.3 is 10.2 Å². The van der Waals surface area contributed by atoms with Crippen LogP contribution in [0.15, 0.2) is 6.07 Å². The van der Waals surface area contributed by atoms with Gasteiger partial charge >= 0.3 is 0 Å². The first-order valence-corrected chi connectivity index (χ1v) is 8.53. The second-order valence-electron chi connectivity index (χ2n) is 6.81. The van der Waals surface area contributed by atoms with Crippen molar-refractivity contribution in [3.8, 4) is 0 Å². The van der Waals surface area contributed by atoms with Crippen molar-refractivity contribution >= 4 is 11.7 Å². The summed E-state index contributed by atoms with van der Waals surface area (Å²) in [6.07, 6.45) is 7.23. The van der Waals surface area contributed by atoms with E-state index in [0.29, 0.717) is 23.5 Å². The third kappa shape index (κ3) is 3.57. The van der Waals surface area contributed by atoms with E-state index >= 15 is 0 Å². The molecule has 1 saturated carbocycles. The van der Waals surface area contributed by atoms with Gasteiger partial charge in [0, 0.05) is 25.2 Å². The highest BCUT2D eigenvalue weighted by molar-refractivity contribution is 5.93. The first-order chi connectivity index (χ1) is 10.6. The lowest BCUT2D eigenvalue weighted by Gasteiger charge is -2.30. The molecule has 2 fully saturated rings. The van der Waals surface area contributed by atoms with Gasteiger partial charge in [0.2, 0.25) is 0 Å². The van der Waals surface area contributed by atoms with Crippen molar-refractivity contribution in [1.82, 2.24) is 14.9 Å². The molecule has 5 heteroatoms. The Morgan fingerprint density at radius 3 is 2.73 bits per heavy atom. The molecule has 2 heterocycles. The van der Waals surface area contributed by atoms with Crippen LogP contribution in [0.2, 0.25) is 0 Å². The van der Waals surface area contributed by atoms with Gasteiger partial charge in [0.25, 0.3) is 5.91 Å². The quantitative estimate of drug-likeness (QED) is 0.932. The number of hydrogen-bond donors (Lipinski definition) is 1. The average Bonchev–Trinajstić information content (AvgIpc) is 2.98. The first kappa shape index (κ1) is 15.3. The van der Waals surface area contributed by atoms with Crippen LogP contribution in [-0.4, -0.2) is 39.9 Å². The van der Waals surface area contributed by atoms with E-state index in [1.54, 1.807) is 0 Å². The number of carbonyl (C=O) groups excluding carboxylic acids is 1. The zero-order chi connectivity index (χ0) is 15.5. The second-order valence-corrected chi connectivity index (χ2v) is 6.81. The minimum atomic E-state index is 0.0477. The third-order valence-electron chi connectivity index (χ3n) is 4.71. The zero-order valence-electron chi connectivity index (χ0n) is 13.6. The Hall–Kier alpha value is -1.65. The number of aromatic nitrogens is 2. The molecule has 2 aliphatic rings. The maximum Gasteiger partial charge on any atom is 0.272 e. The molecule has 1 aromatic rings. The number of carbonyl (C=O) groups is 1. The standard InChI is InChI=1S/C17H26N4O/c1-12-6-5-9-21(11-12)17(22)15-10-16(19-13(2)18-15)20-14-7-3-4-8-14/h10,12,14H,3-9,11H2,1-2H3,(H,18,19,20). The molecule has 0 aromatic carbocycles. The number of nitrogens with one attached hydrogen (secondary N) is 1. The molecular formula is C17H26N4O. The summed E-state index contributed by atoms with van der Waals surface area (Å²) in [4.78, 5) is 23.4. The fraction of sp³-hybridized carbons (Fsp3) is 0.706. The third-order valence-corrected chi connectivity index (χ3v) is 4.71. The number of aryl methyl sites for hydroxylation is 1. The van der Waals surface area contributed by atoms with Gasteiger partial charge in [-0.3, -0.25) is 4.79 Å². The fourth-order valence-electron chi connectivity index (χ4n) is 3.57. The smallest absolute Gasteiger partial charge is 0.272 e. The van der Waals surface area contributed by atoms with Gasteiger partial charge in [0.15, 0.2) is 0 Å². The number of nitrogens with zero attached hydrogens (tertiary/aromatic N) is 3. The number of rotatable bonds is 3. The van der Waals surface area contributed by atoms with Crippen LogP contribution in [-0.2, 0) is 0 Å². The molecule has 1 saturated heterocycles. The molecule has 0 radical (unpaired) electrons. The summed E-state index contributed by atoms with van der Waals surface area (Å²) in [5, 5.41) is 3.47. The number of anilines is 1. The minimum Gasteiger partial charge on any atom is -0.367 e. The number of piperidine rings is 1. The Morgan fingerprint density at radius 2 is 2.00 bits per heavy atom. The lowest BCUT2D eigenvalue weighted by atomic mass is 10.00. The summed E-state index contributed by atoms with van der Waals surface area (Å²) in [6.45, 7) is 5.75. The summed E-state index contributed by atoms with van der Waals surface area (Å²) < 4.78 is 0. The Balaban J connectivity index is 1.74. The Bertz CT molecular complexity index is 539. The number of amides is 1. The highest BCUT2D eigenvalue weighted by Crippen LogP contribution is 2.22. The summed E-state index contributed by atoms with van der Waals surface area (Å²) in [6, 6.07) is 2.32. The van der Waals surface area contributed by atoms with E-state index in [-0.39, 0.29) is 5.91 Å². The summed E-state index contributed by atoms with van der Waals surface area (Å²) in [5.41, 5.74) is 0.530. The van der Waals surface area contributed by atoms with E-state index < -0.39 is 0 Å². The summed E-state index contributed by atoms with van der Waals surface area (Å²) in [7, 11) is 0. The number of hydrogen-bond acceptors (Lipinski definition) is 4. The molecule has 1 aromatic heterocycles. The van der Waals surface area contributed by atoms with Crippen molar-refractivity contribution in [2.45, 2.75) is 58.4 Å². The first-order valence-electron chi connectivity index (χ1n) is 8.53. The maximum absolute atomic E-state index is 12.7. The molecule has 1 amide bonds. The van der Waals surface area contributed by atoms with Crippen LogP contribution in [0.3, 0.4) is 0 Å². The second kappa shape index (κ2) is 6.63. The molecule has 1 unspecified atom stereocenters. The van der Waals surface area contributed by atoms with Crippen molar-refractivity contribution in [1.29, 1.82) is 0 Å². The molecule has 0 spiro atoms. The average molecular weight is 302 g/mol. The Morgan fingerprint density at radius 1 is 1.23 bits per heavy atom. The van der Waals surface area contributed by atoms with Crippen LogP contribution in [0, 0.1) is 12.8 Å². The van der Waals surface area contributed by atoms with Crippen LogP contribution in [0.5, 0.6) is 0 Å².